The Morgan fingerprint density at radius 2 is 1.58 bits per heavy atom. The van der Waals surface area contributed by atoms with Crippen LogP contribution in [0.15, 0.2) is 47.4 Å². The van der Waals surface area contributed by atoms with Crippen LogP contribution < -0.4 is 10.2 Å². The van der Waals surface area contributed by atoms with Crippen molar-refractivity contribution in [3.8, 4) is 0 Å². The zero-order valence-corrected chi connectivity index (χ0v) is 19.9. The van der Waals surface area contributed by atoms with Crippen LogP contribution in [-0.4, -0.2) is 44.8 Å². The number of hydrogen-bond acceptors (Lipinski definition) is 4. The molecule has 1 amide bonds. The topological polar surface area (TPSA) is 69.7 Å². The number of carbonyl (C=O) groups excluding carboxylic acids is 1. The fourth-order valence-corrected chi connectivity index (χ4v) is 6.96. The van der Waals surface area contributed by atoms with Crippen LogP contribution in [0.5, 0.6) is 0 Å². The number of carbonyl (C=O) groups is 1. The number of hydrogen-bond donors (Lipinski definition) is 1. The normalized spacial score (nSPS) is 19.9. The number of fused-ring (bicyclic) bond motifs is 1. The molecule has 1 N–H and O–H groups in total. The molecular formula is C26H33N3O3S. The second-order valence-corrected chi connectivity index (χ2v) is 11.5. The zero-order valence-electron chi connectivity index (χ0n) is 19.1. The minimum absolute atomic E-state index is 0.00552. The smallest absolute Gasteiger partial charge is 0.243 e. The number of anilines is 2. The maximum absolute atomic E-state index is 13.2. The Morgan fingerprint density at radius 1 is 0.848 bits per heavy atom. The van der Waals surface area contributed by atoms with E-state index in [0.29, 0.717) is 30.8 Å². The van der Waals surface area contributed by atoms with Gasteiger partial charge in [-0.25, -0.2) is 8.42 Å². The van der Waals surface area contributed by atoms with E-state index >= 15 is 0 Å². The SMILES string of the molecule is O=C(Nc1ccccc1N1CCCCC1)C1CCN(S(=O)(=O)c2ccc3c(c2)CCC3)CC1. The van der Waals surface area contributed by atoms with Crippen molar-refractivity contribution in [3.05, 3.63) is 53.6 Å². The Balaban J connectivity index is 1.22. The van der Waals surface area contributed by atoms with Gasteiger partial charge >= 0.3 is 0 Å². The van der Waals surface area contributed by atoms with E-state index in [4.69, 9.17) is 0 Å². The Hall–Kier alpha value is -2.38. The van der Waals surface area contributed by atoms with Crippen molar-refractivity contribution in [2.45, 2.75) is 56.3 Å². The number of aryl methyl sites for hydroxylation is 2. The summed E-state index contributed by atoms with van der Waals surface area (Å²) in [6, 6.07) is 13.6. The van der Waals surface area contributed by atoms with Crippen molar-refractivity contribution in [2.75, 3.05) is 36.4 Å². The first-order valence-electron chi connectivity index (χ1n) is 12.3. The first kappa shape index (κ1) is 22.4. The molecule has 2 aliphatic heterocycles. The van der Waals surface area contributed by atoms with Crippen molar-refractivity contribution in [1.29, 1.82) is 0 Å². The van der Waals surface area contributed by atoms with E-state index in [-0.39, 0.29) is 11.8 Å². The van der Waals surface area contributed by atoms with E-state index in [1.807, 2.05) is 30.3 Å². The van der Waals surface area contributed by atoms with Crippen LogP contribution in [0, 0.1) is 5.92 Å². The van der Waals surface area contributed by atoms with Gasteiger partial charge < -0.3 is 10.2 Å². The molecule has 3 aliphatic rings. The van der Waals surface area contributed by atoms with Crippen LogP contribution in [-0.2, 0) is 27.7 Å². The highest BCUT2D eigenvalue weighted by atomic mass is 32.2. The summed E-state index contributed by atoms with van der Waals surface area (Å²) >= 11 is 0. The zero-order chi connectivity index (χ0) is 22.8. The van der Waals surface area contributed by atoms with Gasteiger partial charge in [-0.1, -0.05) is 18.2 Å². The molecule has 5 rings (SSSR count). The number of nitrogens with one attached hydrogen (secondary N) is 1. The highest BCUT2D eigenvalue weighted by molar-refractivity contribution is 7.89. The van der Waals surface area contributed by atoms with Gasteiger partial charge in [0.25, 0.3) is 0 Å². The second kappa shape index (κ2) is 9.47. The lowest BCUT2D eigenvalue weighted by Crippen LogP contribution is -2.41. The number of benzene rings is 2. The van der Waals surface area contributed by atoms with Crippen LogP contribution in [0.3, 0.4) is 0 Å². The monoisotopic (exact) mass is 467 g/mol. The number of piperidine rings is 2. The van der Waals surface area contributed by atoms with Gasteiger partial charge in [0.2, 0.25) is 15.9 Å². The lowest BCUT2D eigenvalue weighted by Gasteiger charge is -2.32. The molecule has 2 aromatic rings. The molecule has 2 aromatic carbocycles. The summed E-state index contributed by atoms with van der Waals surface area (Å²) in [5.74, 6) is -0.181. The molecule has 2 heterocycles. The summed E-state index contributed by atoms with van der Waals surface area (Å²) in [6.45, 7) is 2.80. The Kier molecular flexibility index (Phi) is 6.43. The lowest BCUT2D eigenvalue weighted by molar-refractivity contribution is -0.120. The van der Waals surface area contributed by atoms with Crippen molar-refractivity contribution < 1.29 is 13.2 Å². The predicted molar refractivity (Wildman–Crippen MR) is 131 cm³/mol. The molecular weight excluding hydrogens is 434 g/mol. The molecule has 6 nitrogen and oxygen atoms in total. The number of rotatable bonds is 5. The summed E-state index contributed by atoms with van der Waals surface area (Å²) in [7, 11) is -3.52. The fourth-order valence-electron chi connectivity index (χ4n) is 5.44. The summed E-state index contributed by atoms with van der Waals surface area (Å²) < 4.78 is 27.9. The van der Waals surface area contributed by atoms with Crippen molar-refractivity contribution in [3.63, 3.8) is 0 Å². The van der Waals surface area contributed by atoms with Gasteiger partial charge in [0, 0.05) is 32.1 Å². The average molecular weight is 468 g/mol. The summed E-state index contributed by atoms with van der Waals surface area (Å²) in [4.78, 5) is 15.8. The molecule has 1 aliphatic carbocycles. The van der Waals surface area contributed by atoms with Crippen LogP contribution in [0.2, 0.25) is 0 Å². The molecule has 0 aromatic heterocycles. The Bertz CT molecular complexity index is 1120. The van der Waals surface area contributed by atoms with Crippen LogP contribution in [0.1, 0.15) is 49.7 Å². The van der Waals surface area contributed by atoms with Gasteiger partial charge in [-0.2, -0.15) is 4.31 Å². The van der Waals surface area contributed by atoms with E-state index in [0.717, 1.165) is 49.3 Å². The lowest BCUT2D eigenvalue weighted by atomic mass is 9.97. The second-order valence-electron chi connectivity index (χ2n) is 9.52. The van der Waals surface area contributed by atoms with E-state index in [1.54, 1.807) is 10.4 Å². The Morgan fingerprint density at radius 3 is 2.36 bits per heavy atom. The molecule has 2 fully saturated rings. The Labute approximate surface area is 197 Å². The van der Waals surface area contributed by atoms with Crippen LogP contribution in [0.4, 0.5) is 11.4 Å². The third-order valence-electron chi connectivity index (χ3n) is 7.39. The van der Waals surface area contributed by atoms with Crippen molar-refractivity contribution in [2.24, 2.45) is 5.92 Å². The first-order chi connectivity index (χ1) is 16.0. The molecule has 7 heteroatoms. The van der Waals surface area contributed by atoms with Gasteiger partial charge in [0.15, 0.2) is 0 Å². The van der Waals surface area contributed by atoms with Crippen LogP contribution >= 0.6 is 0 Å². The fraction of sp³-hybridized carbons (Fsp3) is 0.500. The third-order valence-corrected chi connectivity index (χ3v) is 9.29. The number of amides is 1. The highest BCUT2D eigenvalue weighted by Gasteiger charge is 2.33. The molecule has 2 saturated heterocycles. The standard InChI is InChI=1S/C26H33N3O3S/c30-26(27-24-9-2-3-10-25(24)28-15-4-1-5-16-28)21-13-17-29(18-14-21)33(31,32)23-12-11-20-7-6-8-22(20)19-23/h2-3,9-12,19,21H,1,4-8,13-18H2,(H,27,30). The predicted octanol–water partition coefficient (Wildman–Crippen LogP) is 4.21. The van der Waals surface area contributed by atoms with Crippen molar-refractivity contribution >= 4 is 27.3 Å². The highest BCUT2D eigenvalue weighted by Crippen LogP contribution is 2.31. The quantitative estimate of drug-likeness (QED) is 0.715. The molecule has 0 saturated carbocycles. The maximum atomic E-state index is 13.2. The molecule has 0 spiro atoms. The van der Waals surface area contributed by atoms with Gasteiger partial charge in [-0.3, -0.25) is 4.79 Å². The summed E-state index contributed by atoms with van der Waals surface area (Å²) in [5.41, 5.74) is 4.38. The molecule has 0 radical (unpaired) electrons. The van der Waals surface area contributed by atoms with Gasteiger partial charge in [-0.15, -0.1) is 0 Å². The number of sulfonamides is 1. The van der Waals surface area contributed by atoms with E-state index < -0.39 is 10.0 Å². The maximum Gasteiger partial charge on any atom is 0.243 e. The van der Waals surface area contributed by atoms with Gasteiger partial charge in [0.05, 0.1) is 16.3 Å². The van der Waals surface area contributed by atoms with Crippen molar-refractivity contribution in [1.82, 2.24) is 4.31 Å². The minimum atomic E-state index is -3.52. The molecule has 176 valence electrons. The number of nitrogens with zero attached hydrogens (tertiary/aromatic N) is 2. The third kappa shape index (κ3) is 4.66. The molecule has 0 bridgehead atoms. The largest absolute Gasteiger partial charge is 0.370 e. The average Bonchev–Trinajstić information content (AvgIpc) is 3.33. The first-order valence-corrected chi connectivity index (χ1v) is 13.7. The van der Waals surface area contributed by atoms with E-state index in [9.17, 15) is 13.2 Å². The number of para-hydroxylation sites is 2. The molecule has 0 atom stereocenters. The summed E-state index contributed by atoms with van der Waals surface area (Å²) in [5, 5.41) is 3.14. The molecule has 33 heavy (non-hydrogen) atoms. The van der Waals surface area contributed by atoms with Gasteiger partial charge in [-0.05, 0) is 86.8 Å². The summed E-state index contributed by atoms with van der Waals surface area (Å²) in [6.07, 6.45) is 7.80. The molecule has 0 unspecified atom stereocenters. The van der Waals surface area contributed by atoms with Crippen LogP contribution in [0.25, 0.3) is 0 Å². The van der Waals surface area contributed by atoms with Gasteiger partial charge in [0.1, 0.15) is 0 Å². The minimum Gasteiger partial charge on any atom is -0.370 e. The van der Waals surface area contributed by atoms with E-state index in [1.165, 1.54) is 24.8 Å². The van der Waals surface area contributed by atoms with E-state index in [2.05, 4.69) is 16.3 Å².